The maximum Gasteiger partial charge on any atom is -0.0166 e. The summed E-state index contributed by atoms with van der Waals surface area (Å²) in [5.74, 6) is 0. The van der Waals surface area contributed by atoms with Crippen molar-refractivity contribution in [3.05, 3.63) is 55.0 Å². The van der Waals surface area contributed by atoms with E-state index in [1.54, 1.807) is 0 Å². The highest BCUT2D eigenvalue weighted by molar-refractivity contribution is 5.12. The van der Waals surface area contributed by atoms with Crippen molar-refractivity contribution in [2.75, 3.05) is 0 Å². The second kappa shape index (κ2) is 7.60. The Kier molecular flexibility index (Phi) is 5.87. The Hall–Kier alpha value is -1.04. The van der Waals surface area contributed by atoms with Crippen LogP contribution in [-0.4, -0.2) is 0 Å². The molecular weight excluding hydrogens is 156 g/mol. The van der Waals surface area contributed by atoms with E-state index in [0.29, 0.717) is 0 Å². The highest BCUT2D eigenvalue weighted by Crippen LogP contribution is 2.02. The predicted octanol–water partition coefficient (Wildman–Crippen LogP) is 3.99. The fourth-order valence-corrected chi connectivity index (χ4v) is 1.16. The molecule has 0 aromatic heterocycles. The summed E-state index contributed by atoms with van der Waals surface area (Å²) in [7, 11) is 0. The molecule has 1 rings (SSSR count). The third kappa shape index (κ3) is 6.15. The van der Waals surface area contributed by atoms with Gasteiger partial charge in [-0.3, -0.25) is 0 Å². The molecule has 0 atom stereocenters. The molecular formula is C13H17. The molecule has 0 N–H and O–H groups in total. The normalized spacial score (nSPS) is 28.9. The molecule has 0 fully saturated rings. The molecule has 0 aromatic carbocycles. The van der Waals surface area contributed by atoms with Crippen LogP contribution < -0.4 is 0 Å². The van der Waals surface area contributed by atoms with Gasteiger partial charge in [-0.2, -0.15) is 0 Å². The maximum atomic E-state index is 2.32. The highest BCUT2D eigenvalue weighted by atomic mass is 13.9. The lowest BCUT2D eigenvalue weighted by Crippen LogP contribution is -1.73. The van der Waals surface area contributed by atoms with Crippen LogP contribution in [-0.2, 0) is 0 Å². The van der Waals surface area contributed by atoms with Crippen molar-refractivity contribution in [2.45, 2.75) is 25.7 Å². The number of allylic oxidation sites excluding steroid dienone is 8. The van der Waals surface area contributed by atoms with Crippen LogP contribution in [0.15, 0.2) is 48.6 Å². The lowest BCUT2D eigenvalue weighted by Gasteiger charge is -1.91. The minimum absolute atomic E-state index is 1.05. The van der Waals surface area contributed by atoms with Gasteiger partial charge in [0.25, 0.3) is 0 Å². The first kappa shape index (κ1) is 10.0. The van der Waals surface area contributed by atoms with Crippen molar-refractivity contribution in [3.63, 3.8) is 0 Å². The third-order valence-corrected chi connectivity index (χ3v) is 1.88. The van der Waals surface area contributed by atoms with Crippen LogP contribution in [0.2, 0.25) is 0 Å². The second-order valence-electron chi connectivity index (χ2n) is 3.05. The molecule has 0 aromatic rings. The SMILES string of the molecule is [CH]1C\C=C/C=C/C=C\C/C=C\CC1. The molecule has 0 unspecified atom stereocenters. The number of hydrogen-bond acceptors (Lipinski definition) is 0. The van der Waals surface area contributed by atoms with Crippen molar-refractivity contribution in [1.82, 2.24) is 0 Å². The van der Waals surface area contributed by atoms with Crippen molar-refractivity contribution >= 4 is 0 Å². The minimum atomic E-state index is 1.05. The Morgan fingerprint density at radius 2 is 1.31 bits per heavy atom. The lowest BCUT2D eigenvalue weighted by molar-refractivity contribution is 0.931. The first-order valence-electron chi connectivity index (χ1n) is 4.95. The average Bonchev–Trinajstić information content (AvgIpc) is 2.18. The predicted molar refractivity (Wildman–Crippen MR) is 59.3 cm³/mol. The Bertz CT molecular complexity index is 216. The van der Waals surface area contributed by atoms with Crippen LogP contribution in [0.25, 0.3) is 0 Å². The topological polar surface area (TPSA) is 0 Å². The molecule has 0 aliphatic heterocycles. The standard InChI is InChI=1S/C13H17/c1-2-4-6-8-10-12-13-11-9-7-5-3-1/h1-6,9-11H,7-8,12-13H2/b2-1+,5-3-,6-4-,11-9-. The van der Waals surface area contributed by atoms with Crippen molar-refractivity contribution in [3.8, 4) is 0 Å². The molecule has 0 spiro atoms. The smallest absolute Gasteiger partial charge is 0.0166 e. The largest absolute Gasteiger partial charge is 0.0882 e. The van der Waals surface area contributed by atoms with Crippen molar-refractivity contribution < 1.29 is 0 Å². The molecule has 0 heterocycles. The molecule has 1 radical (unpaired) electrons. The average molecular weight is 173 g/mol. The first-order valence-corrected chi connectivity index (χ1v) is 4.95. The van der Waals surface area contributed by atoms with Gasteiger partial charge in [0.2, 0.25) is 0 Å². The summed E-state index contributed by atoms with van der Waals surface area (Å²) < 4.78 is 0. The maximum absolute atomic E-state index is 2.32. The summed E-state index contributed by atoms with van der Waals surface area (Å²) in [4.78, 5) is 0. The van der Waals surface area contributed by atoms with E-state index in [4.69, 9.17) is 0 Å². The van der Waals surface area contributed by atoms with Gasteiger partial charge in [0.1, 0.15) is 0 Å². The van der Waals surface area contributed by atoms with Crippen LogP contribution in [0.1, 0.15) is 25.7 Å². The molecule has 0 heteroatoms. The van der Waals surface area contributed by atoms with E-state index >= 15 is 0 Å². The van der Waals surface area contributed by atoms with Crippen LogP contribution >= 0.6 is 0 Å². The Labute approximate surface area is 81.4 Å². The molecule has 0 saturated carbocycles. The first-order chi connectivity index (χ1) is 6.50. The van der Waals surface area contributed by atoms with E-state index < -0.39 is 0 Å². The second-order valence-corrected chi connectivity index (χ2v) is 3.05. The number of hydrogen-bond donors (Lipinski definition) is 0. The van der Waals surface area contributed by atoms with E-state index in [0.717, 1.165) is 12.8 Å². The van der Waals surface area contributed by atoms with Crippen molar-refractivity contribution in [2.24, 2.45) is 0 Å². The summed E-state index contributed by atoms with van der Waals surface area (Å²) >= 11 is 0. The fraction of sp³-hybridized carbons (Fsp3) is 0.308. The summed E-state index contributed by atoms with van der Waals surface area (Å²) in [5.41, 5.74) is 0. The molecule has 13 heavy (non-hydrogen) atoms. The van der Waals surface area contributed by atoms with Gasteiger partial charge in [-0.25, -0.2) is 0 Å². The van der Waals surface area contributed by atoms with Crippen LogP contribution in [0.5, 0.6) is 0 Å². The van der Waals surface area contributed by atoms with Crippen LogP contribution in [0.4, 0.5) is 0 Å². The molecule has 0 bridgehead atoms. The molecule has 0 saturated heterocycles. The van der Waals surface area contributed by atoms with Gasteiger partial charge in [-0.1, -0.05) is 48.6 Å². The van der Waals surface area contributed by atoms with Gasteiger partial charge < -0.3 is 0 Å². The molecule has 0 nitrogen and oxygen atoms in total. The van der Waals surface area contributed by atoms with Gasteiger partial charge in [0, 0.05) is 0 Å². The van der Waals surface area contributed by atoms with Crippen molar-refractivity contribution in [1.29, 1.82) is 0 Å². The van der Waals surface area contributed by atoms with Gasteiger partial charge in [0.05, 0.1) is 0 Å². The highest BCUT2D eigenvalue weighted by Gasteiger charge is 1.83. The van der Waals surface area contributed by atoms with E-state index in [2.05, 4.69) is 55.0 Å². The Morgan fingerprint density at radius 1 is 0.538 bits per heavy atom. The monoisotopic (exact) mass is 173 g/mol. The summed E-state index contributed by atoms with van der Waals surface area (Å²) in [5, 5.41) is 0. The summed E-state index contributed by atoms with van der Waals surface area (Å²) in [6, 6.07) is 0. The molecule has 1 aliphatic carbocycles. The van der Waals surface area contributed by atoms with E-state index in [9.17, 15) is 0 Å². The zero-order valence-corrected chi connectivity index (χ0v) is 8.02. The molecule has 0 amide bonds. The van der Waals surface area contributed by atoms with Gasteiger partial charge >= 0.3 is 0 Å². The van der Waals surface area contributed by atoms with E-state index in [-0.39, 0.29) is 0 Å². The summed E-state index contributed by atoms with van der Waals surface area (Å²) in [6.07, 6.45) is 24.0. The van der Waals surface area contributed by atoms with Crippen LogP contribution in [0.3, 0.4) is 0 Å². The third-order valence-electron chi connectivity index (χ3n) is 1.88. The van der Waals surface area contributed by atoms with Gasteiger partial charge in [-0.15, -0.1) is 0 Å². The Morgan fingerprint density at radius 3 is 2.15 bits per heavy atom. The van der Waals surface area contributed by atoms with Crippen LogP contribution in [0, 0.1) is 6.42 Å². The zero-order chi connectivity index (χ0) is 9.19. The quantitative estimate of drug-likeness (QED) is 0.486. The Balaban J connectivity index is 2.38. The summed E-state index contributed by atoms with van der Waals surface area (Å²) in [6.45, 7) is 0. The van der Waals surface area contributed by atoms with Gasteiger partial charge in [0.15, 0.2) is 0 Å². The fourth-order valence-electron chi connectivity index (χ4n) is 1.16. The lowest BCUT2D eigenvalue weighted by atomic mass is 10.2. The zero-order valence-electron chi connectivity index (χ0n) is 8.02. The van der Waals surface area contributed by atoms with E-state index in [1.165, 1.54) is 12.8 Å². The van der Waals surface area contributed by atoms with E-state index in [1.807, 2.05) is 0 Å². The molecule has 69 valence electrons. The van der Waals surface area contributed by atoms with Gasteiger partial charge in [-0.05, 0) is 32.1 Å². The number of rotatable bonds is 0. The molecule has 1 aliphatic rings. The minimum Gasteiger partial charge on any atom is -0.0882 e.